The third kappa shape index (κ3) is 5.14. The standard InChI is InChI=1S/C20H25ClN4O3Si/c1-27-20(26)19-16-10-17(13-7-14(21)9-15(22)8-13)23-11-18(16)25(24-19)12-28-5-6-29(2,3)4/h7-11H,5-6,12,22H2,1-4H3. The van der Waals surface area contributed by atoms with Gasteiger partial charge >= 0.3 is 5.97 Å². The van der Waals surface area contributed by atoms with Gasteiger partial charge in [0, 0.05) is 36.3 Å². The lowest BCUT2D eigenvalue weighted by atomic mass is 10.1. The second kappa shape index (κ2) is 8.52. The molecule has 0 spiro atoms. The maximum Gasteiger partial charge on any atom is 0.359 e. The van der Waals surface area contributed by atoms with Crippen molar-refractivity contribution >= 4 is 42.2 Å². The molecule has 154 valence electrons. The number of nitrogen functional groups attached to an aromatic ring is 1. The molecule has 0 atom stereocenters. The van der Waals surface area contributed by atoms with Gasteiger partial charge in [-0.25, -0.2) is 9.48 Å². The van der Waals surface area contributed by atoms with Gasteiger partial charge in [0.2, 0.25) is 0 Å². The minimum Gasteiger partial charge on any atom is -0.464 e. The number of ether oxygens (including phenoxy) is 2. The molecule has 7 nitrogen and oxygen atoms in total. The zero-order chi connectivity index (χ0) is 21.2. The number of hydrogen-bond acceptors (Lipinski definition) is 6. The summed E-state index contributed by atoms with van der Waals surface area (Å²) >= 11 is 6.12. The first-order chi connectivity index (χ1) is 13.7. The quantitative estimate of drug-likeness (QED) is 0.257. The van der Waals surface area contributed by atoms with E-state index < -0.39 is 14.0 Å². The third-order valence-electron chi connectivity index (χ3n) is 4.44. The summed E-state index contributed by atoms with van der Waals surface area (Å²) in [6, 6.07) is 8.06. The van der Waals surface area contributed by atoms with Crippen molar-refractivity contribution in [3.8, 4) is 11.3 Å². The highest BCUT2D eigenvalue weighted by atomic mass is 35.5. The molecule has 0 saturated heterocycles. The Hall–Kier alpha value is -2.42. The highest BCUT2D eigenvalue weighted by Gasteiger charge is 2.20. The normalized spacial score (nSPS) is 11.8. The number of aromatic nitrogens is 3. The van der Waals surface area contributed by atoms with E-state index in [0.717, 1.165) is 11.6 Å². The Labute approximate surface area is 175 Å². The summed E-state index contributed by atoms with van der Waals surface area (Å²) < 4.78 is 12.3. The molecular formula is C20H25ClN4O3Si. The lowest BCUT2D eigenvalue weighted by Gasteiger charge is -2.15. The zero-order valence-electron chi connectivity index (χ0n) is 17.0. The smallest absolute Gasteiger partial charge is 0.359 e. The number of anilines is 1. The molecule has 0 aliphatic carbocycles. The number of esters is 1. The molecule has 2 heterocycles. The number of nitrogens with zero attached hydrogens (tertiary/aromatic N) is 3. The second-order valence-corrected chi connectivity index (χ2v) is 14.1. The number of carbonyl (C=O) groups excluding carboxylic acids is 1. The molecule has 2 N–H and O–H groups in total. The Morgan fingerprint density at radius 3 is 2.66 bits per heavy atom. The number of halogens is 1. The van der Waals surface area contributed by atoms with E-state index in [0.29, 0.717) is 33.9 Å². The first-order valence-electron chi connectivity index (χ1n) is 9.27. The van der Waals surface area contributed by atoms with Crippen molar-refractivity contribution in [3.05, 3.63) is 41.2 Å². The lowest BCUT2D eigenvalue weighted by Crippen LogP contribution is -2.22. The number of hydrogen-bond donors (Lipinski definition) is 1. The van der Waals surface area contributed by atoms with Crippen LogP contribution in [0, 0.1) is 0 Å². The number of nitrogens with two attached hydrogens (primary N) is 1. The van der Waals surface area contributed by atoms with Crippen LogP contribution < -0.4 is 5.73 Å². The molecule has 3 aromatic rings. The van der Waals surface area contributed by atoms with Crippen molar-refractivity contribution in [2.45, 2.75) is 32.4 Å². The lowest BCUT2D eigenvalue weighted by molar-refractivity contribution is 0.0585. The van der Waals surface area contributed by atoms with E-state index in [9.17, 15) is 4.79 Å². The number of fused-ring (bicyclic) bond motifs is 1. The summed E-state index contributed by atoms with van der Waals surface area (Å²) in [6.07, 6.45) is 1.67. The molecule has 29 heavy (non-hydrogen) atoms. The van der Waals surface area contributed by atoms with Gasteiger partial charge in [-0.2, -0.15) is 5.10 Å². The molecule has 0 bridgehead atoms. The van der Waals surface area contributed by atoms with Crippen molar-refractivity contribution in [2.24, 2.45) is 0 Å². The van der Waals surface area contributed by atoms with E-state index in [-0.39, 0.29) is 12.4 Å². The molecular weight excluding hydrogens is 408 g/mol. The summed E-state index contributed by atoms with van der Waals surface area (Å²) in [5.41, 5.74) is 8.73. The first-order valence-corrected chi connectivity index (χ1v) is 13.4. The molecule has 0 aliphatic heterocycles. The topological polar surface area (TPSA) is 92.3 Å². The van der Waals surface area contributed by atoms with Gasteiger partial charge in [0.1, 0.15) is 6.73 Å². The Balaban J connectivity index is 1.96. The summed E-state index contributed by atoms with van der Waals surface area (Å²) in [4.78, 5) is 16.8. The number of benzene rings is 1. The van der Waals surface area contributed by atoms with Crippen molar-refractivity contribution in [1.82, 2.24) is 14.8 Å². The maximum atomic E-state index is 12.3. The van der Waals surface area contributed by atoms with Crippen molar-refractivity contribution < 1.29 is 14.3 Å². The number of carbonyl (C=O) groups is 1. The number of methoxy groups -OCH3 is 1. The van der Waals surface area contributed by atoms with Crippen LogP contribution in [-0.2, 0) is 16.2 Å². The molecule has 0 radical (unpaired) electrons. The van der Waals surface area contributed by atoms with Crippen molar-refractivity contribution in [3.63, 3.8) is 0 Å². The maximum absolute atomic E-state index is 12.3. The van der Waals surface area contributed by atoms with Gasteiger partial charge in [-0.1, -0.05) is 31.2 Å². The van der Waals surface area contributed by atoms with E-state index >= 15 is 0 Å². The Kier molecular flexibility index (Phi) is 6.26. The molecule has 3 rings (SSSR count). The minimum absolute atomic E-state index is 0.218. The van der Waals surface area contributed by atoms with Crippen LogP contribution in [0.2, 0.25) is 30.7 Å². The molecule has 0 unspecified atom stereocenters. The van der Waals surface area contributed by atoms with Crippen LogP contribution in [0.3, 0.4) is 0 Å². The largest absolute Gasteiger partial charge is 0.464 e. The van der Waals surface area contributed by atoms with Crippen LogP contribution in [0.1, 0.15) is 10.5 Å². The summed E-state index contributed by atoms with van der Waals surface area (Å²) in [5.74, 6) is -0.515. The summed E-state index contributed by atoms with van der Waals surface area (Å²) in [5, 5.41) is 5.55. The molecule has 1 aromatic carbocycles. The van der Waals surface area contributed by atoms with Gasteiger partial charge in [-0.05, 0) is 30.3 Å². The van der Waals surface area contributed by atoms with Gasteiger partial charge in [-0.3, -0.25) is 4.98 Å². The predicted molar refractivity (Wildman–Crippen MR) is 118 cm³/mol. The molecule has 0 amide bonds. The van der Waals surface area contributed by atoms with Crippen molar-refractivity contribution in [2.75, 3.05) is 19.5 Å². The summed E-state index contributed by atoms with van der Waals surface area (Å²) in [6.45, 7) is 7.77. The Morgan fingerprint density at radius 2 is 2.00 bits per heavy atom. The predicted octanol–water partition coefficient (Wildman–Crippen LogP) is 4.43. The fraction of sp³-hybridized carbons (Fsp3) is 0.350. The molecule has 2 aromatic heterocycles. The third-order valence-corrected chi connectivity index (χ3v) is 6.36. The van der Waals surface area contributed by atoms with Crippen LogP contribution in [0.5, 0.6) is 0 Å². The molecule has 9 heteroatoms. The first kappa shape index (κ1) is 21.3. The van der Waals surface area contributed by atoms with Crippen LogP contribution >= 0.6 is 11.6 Å². The van der Waals surface area contributed by atoms with Gasteiger partial charge in [0.05, 0.1) is 24.5 Å². The van der Waals surface area contributed by atoms with E-state index in [4.69, 9.17) is 26.8 Å². The number of rotatable bonds is 7. The highest BCUT2D eigenvalue weighted by Crippen LogP contribution is 2.28. The van der Waals surface area contributed by atoms with E-state index in [1.54, 1.807) is 35.1 Å². The molecule has 0 aliphatic rings. The van der Waals surface area contributed by atoms with Crippen LogP contribution in [0.25, 0.3) is 22.2 Å². The van der Waals surface area contributed by atoms with E-state index in [2.05, 4.69) is 29.7 Å². The Bertz CT molecular complexity index is 1030. The second-order valence-electron chi connectivity index (χ2n) is 8.05. The van der Waals surface area contributed by atoms with Crippen LogP contribution in [0.15, 0.2) is 30.5 Å². The van der Waals surface area contributed by atoms with Crippen molar-refractivity contribution in [1.29, 1.82) is 0 Å². The average molecular weight is 433 g/mol. The van der Waals surface area contributed by atoms with E-state index in [1.807, 2.05) is 0 Å². The van der Waals surface area contributed by atoms with Gasteiger partial charge in [-0.15, -0.1) is 0 Å². The van der Waals surface area contributed by atoms with Gasteiger partial charge in [0.15, 0.2) is 5.69 Å². The van der Waals surface area contributed by atoms with Gasteiger partial charge in [0.25, 0.3) is 0 Å². The van der Waals surface area contributed by atoms with E-state index in [1.165, 1.54) is 7.11 Å². The molecule has 0 fully saturated rings. The SMILES string of the molecule is COC(=O)c1nn(COCC[Si](C)(C)C)c2cnc(-c3cc(N)cc(Cl)c3)cc12. The van der Waals surface area contributed by atoms with Crippen LogP contribution in [0.4, 0.5) is 5.69 Å². The monoisotopic (exact) mass is 432 g/mol. The van der Waals surface area contributed by atoms with Gasteiger partial charge < -0.3 is 15.2 Å². The number of pyridine rings is 1. The minimum atomic E-state index is -1.18. The highest BCUT2D eigenvalue weighted by molar-refractivity contribution is 6.76. The summed E-state index contributed by atoms with van der Waals surface area (Å²) in [7, 11) is 0.147. The fourth-order valence-electron chi connectivity index (χ4n) is 2.87. The Morgan fingerprint density at radius 1 is 1.24 bits per heavy atom. The fourth-order valence-corrected chi connectivity index (χ4v) is 3.87. The molecule has 0 saturated carbocycles. The average Bonchev–Trinajstić information content (AvgIpc) is 3.01. The van der Waals surface area contributed by atoms with Crippen LogP contribution in [-0.4, -0.2) is 42.5 Å². The zero-order valence-corrected chi connectivity index (χ0v) is 18.8.